The zero-order chi connectivity index (χ0) is 16.2. The van der Waals surface area contributed by atoms with Crippen LogP contribution < -0.4 is 5.73 Å². The average Bonchev–Trinajstić information content (AvgIpc) is 2.93. The number of ether oxygens (including phenoxy) is 1. The molecule has 1 saturated heterocycles. The number of nitrogens with two attached hydrogens (primary N) is 1. The summed E-state index contributed by atoms with van der Waals surface area (Å²) in [5.74, 6) is 1.84. The number of carbonyl (C=O) groups excluding carboxylic acids is 1. The molecule has 23 heavy (non-hydrogen) atoms. The van der Waals surface area contributed by atoms with Crippen molar-refractivity contribution in [2.45, 2.75) is 50.9 Å². The number of nitrogens with zero attached hydrogens (tertiary/aromatic N) is 4. The van der Waals surface area contributed by atoms with Gasteiger partial charge >= 0.3 is 6.09 Å². The zero-order valence-electron chi connectivity index (χ0n) is 13.9. The zero-order valence-corrected chi connectivity index (χ0v) is 13.9. The molecule has 2 fully saturated rings. The molecule has 7 nitrogen and oxygen atoms in total. The maximum absolute atomic E-state index is 12.3. The summed E-state index contributed by atoms with van der Waals surface area (Å²) in [6, 6.07) is 0. The number of rotatable bonds is 3. The van der Waals surface area contributed by atoms with Crippen LogP contribution >= 0.6 is 0 Å². The van der Waals surface area contributed by atoms with Crippen LogP contribution in [0.2, 0.25) is 0 Å². The van der Waals surface area contributed by atoms with Gasteiger partial charge in [-0.3, -0.25) is 0 Å². The highest BCUT2D eigenvalue weighted by molar-refractivity contribution is 5.67. The third kappa shape index (κ3) is 3.95. The largest absolute Gasteiger partial charge is 0.449 e. The van der Waals surface area contributed by atoms with Crippen LogP contribution in [-0.2, 0) is 11.8 Å². The third-order valence-electron chi connectivity index (χ3n) is 5.03. The lowest BCUT2D eigenvalue weighted by molar-refractivity contribution is 0.0716. The predicted octanol–water partition coefficient (Wildman–Crippen LogP) is 2.29. The van der Waals surface area contributed by atoms with Gasteiger partial charge in [-0.05, 0) is 31.6 Å². The van der Waals surface area contributed by atoms with Crippen LogP contribution in [0.4, 0.5) is 10.7 Å². The van der Waals surface area contributed by atoms with Crippen molar-refractivity contribution in [1.29, 1.82) is 0 Å². The van der Waals surface area contributed by atoms with E-state index in [0.29, 0.717) is 25.0 Å². The van der Waals surface area contributed by atoms with E-state index in [0.717, 1.165) is 25.2 Å². The number of piperidine rings is 1. The van der Waals surface area contributed by atoms with Gasteiger partial charge in [0.2, 0.25) is 5.95 Å². The fraction of sp³-hybridized carbons (Fsp3) is 0.812. The molecule has 1 amide bonds. The molecule has 3 rings (SSSR count). The van der Waals surface area contributed by atoms with Gasteiger partial charge < -0.3 is 15.4 Å². The van der Waals surface area contributed by atoms with Crippen LogP contribution in [0.25, 0.3) is 0 Å². The normalized spacial score (nSPS) is 23.0. The van der Waals surface area contributed by atoms with Gasteiger partial charge in [0.1, 0.15) is 0 Å². The van der Waals surface area contributed by atoms with Crippen molar-refractivity contribution < 1.29 is 9.53 Å². The van der Waals surface area contributed by atoms with Gasteiger partial charge in [0.25, 0.3) is 0 Å². The molecule has 0 radical (unpaired) electrons. The first-order valence-corrected chi connectivity index (χ1v) is 8.71. The molecule has 7 heteroatoms. The molecule has 0 spiro atoms. The predicted molar refractivity (Wildman–Crippen MR) is 86.9 cm³/mol. The highest BCUT2D eigenvalue weighted by atomic mass is 16.6. The van der Waals surface area contributed by atoms with E-state index in [-0.39, 0.29) is 12.0 Å². The molecule has 1 saturated carbocycles. The Morgan fingerprint density at radius 1 is 1.26 bits per heavy atom. The second kappa shape index (κ2) is 7.19. The highest BCUT2D eigenvalue weighted by Crippen LogP contribution is 2.27. The molecule has 128 valence electrons. The summed E-state index contributed by atoms with van der Waals surface area (Å²) in [6.07, 6.45) is 7.96. The monoisotopic (exact) mass is 321 g/mol. The SMILES string of the molecule is Cn1nc(C2CCCN(C(=O)OCC3CCCCC3)C2)nc1N. The number of anilines is 1. The number of aromatic nitrogens is 3. The van der Waals surface area contributed by atoms with Gasteiger partial charge in [-0.15, -0.1) is 0 Å². The minimum absolute atomic E-state index is 0.148. The smallest absolute Gasteiger partial charge is 0.409 e. The van der Waals surface area contributed by atoms with Crippen molar-refractivity contribution in [3.63, 3.8) is 0 Å². The summed E-state index contributed by atoms with van der Waals surface area (Å²) in [4.78, 5) is 18.4. The van der Waals surface area contributed by atoms with Crippen LogP contribution in [0.5, 0.6) is 0 Å². The molecule has 0 bridgehead atoms. The Kier molecular flexibility index (Phi) is 5.03. The second-order valence-corrected chi connectivity index (χ2v) is 6.82. The molecule has 2 aliphatic rings. The summed E-state index contributed by atoms with van der Waals surface area (Å²) in [7, 11) is 1.78. The van der Waals surface area contributed by atoms with Crippen molar-refractivity contribution in [3.05, 3.63) is 5.82 Å². The van der Waals surface area contributed by atoms with Crippen molar-refractivity contribution in [2.75, 3.05) is 25.4 Å². The number of hydrogen-bond donors (Lipinski definition) is 1. The Labute approximate surface area is 137 Å². The average molecular weight is 321 g/mol. The molecule has 1 aliphatic heterocycles. The lowest BCUT2D eigenvalue weighted by Gasteiger charge is -2.31. The molecule has 1 aromatic rings. The van der Waals surface area contributed by atoms with Crippen molar-refractivity contribution >= 4 is 12.0 Å². The number of nitrogen functional groups attached to an aromatic ring is 1. The molecule has 1 aromatic heterocycles. The third-order valence-corrected chi connectivity index (χ3v) is 5.03. The molecule has 2 heterocycles. The molecule has 1 atom stereocenters. The summed E-state index contributed by atoms with van der Waals surface area (Å²) in [5.41, 5.74) is 5.76. The Bertz CT molecular complexity index is 519. The fourth-order valence-corrected chi connectivity index (χ4v) is 3.58. The molecule has 0 aromatic carbocycles. The second-order valence-electron chi connectivity index (χ2n) is 6.82. The number of amides is 1. The lowest BCUT2D eigenvalue weighted by Crippen LogP contribution is -2.40. The summed E-state index contributed by atoms with van der Waals surface area (Å²) in [6.45, 7) is 1.93. The molecule has 1 unspecified atom stereocenters. The maximum atomic E-state index is 12.3. The van der Waals surface area contributed by atoms with Crippen molar-refractivity contribution in [2.24, 2.45) is 13.0 Å². The Balaban J connectivity index is 1.52. The summed E-state index contributed by atoms with van der Waals surface area (Å²) >= 11 is 0. The number of hydrogen-bond acceptors (Lipinski definition) is 5. The molecule has 1 aliphatic carbocycles. The minimum atomic E-state index is -0.191. The fourth-order valence-electron chi connectivity index (χ4n) is 3.58. The Hall–Kier alpha value is -1.79. The van der Waals surface area contributed by atoms with Gasteiger partial charge in [-0.25, -0.2) is 9.48 Å². The molecule has 2 N–H and O–H groups in total. The van der Waals surface area contributed by atoms with E-state index < -0.39 is 0 Å². The van der Waals surface area contributed by atoms with Crippen LogP contribution in [0.1, 0.15) is 56.7 Å². The van der Waals surface area contributed by atoms with Gasteiger partial charge in [0.05, 0.1) is 6.61 Å². The van der Waals surface area contributed by atoms with Crippen molar-refractivity contribution in [3.8, 4) is 0 Å². The van der Waals surface area contributed by atoms with Crippen LogP contribution in [0.3, 0.4) is 0 Å². The van der Waals surface area contributed by atoms with Gasteiger partial charge in [0.15, 0.2) is 5.82 Å². The summed E-state index contributed by atoms with van der Waals surface area (Å²) < 4.78 is 7.13. The van der Waals surface area contributed by atoms with E-state index in [4.69, 9.17) is 10.5 Å². The molecular formula is C16H27N5O2. The van der Waals surface area contributed by atoms with E-state index in [2.05, 4.69) is 10.1 Å². The van der Waals surface area contributed by atoms with Crippen LogP contribution in [-0.4, -0.2) is 45.5 Å². The number of likely N-dealkylation sites (tertiary alicyclic amines) is 1. The molecular weight excluding hydrogens is 294 g/mol. The van der Waals surface area contributed by atoms with Gasteiger partial charge in [-0.1, -0.05) is 19.3 Å². The van der Waals surface area contributed by atoms with Gasteiger partial charge in [0, 0.05) is 26.1 Å². The number of carbonyl (C=O) groups is 1. The quantitative estimate of drug-likeness (QED) is 0.923. The highest BCUT2D eigenvalue weighted by Gasteiger charge is 2.29. The summed E-state index contributed by atoms with van der Waals surface area (Å²) in [5, 5.41) is 4.35. The first-order valence-electron chi connectivity index (χ1n) is 8.71. The van der Waals surface area contributed by atoms with E-state index >= 15 is 0 Å². The standard InChI is InChI=1S/C16H27N5O2/c1-20-15(17)18-14(19-20)13-8-5-9-21(10-13)16(22)23-11-12-6-3-2-4-7-12/h12-13H,2-11H2,1H3,(H2,17,18,19). The van der Waals surface area contributed by atoms with E-state index in [9.17, 15) is 4.79 Å². The number of aryl methyl sites for hydroxylation is 1. The Morgan fingerprint density at radius 2 is 2.04 bits per heavy atom. The van der Waals surface area contributed by atoms with E-state index in [1.54, 1.807) is 16.6 Å². The first kappa shape index (κ1) is 16.1. The first-order chi connectivity index (χ1) is 11.1. The van der Waals surface area contributed by atoms with E-state index in [1.807, 2.05) is 0 Å². The lowest BCUT2D eigenvalue weighted by atomic mass is 9.90. The van der Waals surface area contributed by atoms with Crippen LogP contribution in [0, 0.1) is 5.92 Å². The van der Waals surface area contributed by atoms with E-state index in [1.165, 1.54) is 32.1 Å². The topological polar surface area (TPSA) is 86.3 Å². The van der Waals surface area contributed by atoms with Crippen LogP contribution in [0.15, 0.2) is 0 Å². The maximum Gasteiger partial charge on any atom is 0.409 e. The minimum Gasteiger partial charge on any atom is -0.449 e. The Morgan fingerprint density at radius 3 is 2.74 bits per heavy atom. The van der Waals surface area contributed by atoms with Crippen molar-refractivity contribution in [1.82, 2.24) is 19.7 Å². The van der Waals surface area contributed by atoms with Gasteiger partial charge in [-0.2, -0.15) is 10.1 Å².